The molecule has 1 rings (SSSR count). The van der Waals surface area contributed by atoms with E-state index in [4.69, 9.17) is 4.74 Å². The van der Waals surface area contributed by atoms with Gasteiger partial charge in [0.2, 0.25) is 0 Å². The first-order valence-corrected chi connectivity index (χ1v) is 7.04. The highest BCUT2D eigenvalue weighted by molar-refractivity contribution is 5.22. The van der Waals surface area contributed by atoms with Crippen LogP contribution in [-0.2, 0) is 4.74 Å². The second-order valence-corrected chi connectivity index (χ2v) is 5.44. The van der Waals surface area contributed by atoms with Gasteiger partial charge in [-0.05, 0) is 39.8 Å². The number of benzene rings is 1. The Morgan fingerprint density at radius 3 is 2.37 bits per heavy atom. The third-order valence-corrected chi connectivity index (χ3v) is 3.17. The van der Waals surface area contributed by atoms with Gasteiger partial charge in [-0.15, -0.1) is 0 Å². The quantitative estimate of drug-likeness (QED) is 0.784. The number of aliphatic hydroxyl groups is 1. The number of rotatable bonds is 8. The fourth-order valence-corrected chi connectivity index (χ4v) is 1.85. The van der Waals surface area contributed by atoms with Crippen LogP contribution < -0.4 is 0 Å². The molecule has 0 aliphatic carbocycles. The van der Waals surface area contributed by atoms with E-state index in [0.29, 0.717) is 0 Å². The molecule has 108 valence electrons. The van der Waals surface area contributed by atoms with E-state index >= 15 is 0 Å². The summed E-state index contributed by atoms with van der Waals surface area (Å²) in [5, 5.41) is 10.1. The Hall–Kier alpha value is -0.900. The van der Waals surface area contributed by atoms with E-state index in [1.165, 1.54) is 5.56 Å². The number of likely N-dealkylation sites (N-methyl/N-ethyl adjacent to an activating group) is 1. The maximum absolute atomic E-state index is 10.1. The summed E-state index contributed by atoms with van der Waals surface area (Å²) in [4.78, 5) is 2.19. The second-order valence-electron chi connectivity index (χ2n) is 5.44. The Labute approximate surface area is 117 Å². The fourth-order valence-electron chi connectivity index (χ4n) is 1.85. The molecule has 0 aliphatic rings. The molecule has 1 aromatic rings. The number of nitrogens with zero attached hydrogens (tertiary/aromatic N) is 1. The monoisotopic (exact) mass is 265 g/mol. The summed E-state index contributed by atoms with van der Waals surface area (Å²) in [5.74, 6) is 0. The Morgan fingerprint density at radius 1 is 1.16 bits per heavy atom. The third kappa shape index (κ3) is 6.71. The molecular formula is C16H27NO2. The van der Waals surface area contributed by atoms with Crippen LogP contribution in [0.1, 0.15) is 37.5 Å². The molecule has 0 saturated carbocycles. The van der Waals surface area contributed by atoms with Gasteiger partial charge in [-0.25, -0.2) is 0 Å². The van der Waals surface area contributed by atoms with Crippen molar-refractivity contribution in [2.75, 3.05) is 26.7 Å². The van der Waals surface area contributed by atoms with Crippen LogP contribution in [-0.4, -0.2) is 42.9 Å². The smallest absolute Gasteiger partial charge is 0.0802 e. The van der Waals surface area contributed by atoms with E-state index in [1.54, 1.807) is 0 Å². The van der Waals surface area contributed by atoms with Gasteiger partial charge in [-0.2, -0.15) is 0 Å². The number of hydrogen-bond donors (Lipinski definition) is 1. The summed E-state index contributed by atoms with van der Waals surface area (Å²) < 4.78 is 5.51. The van der Waals surface area contributed by atoms with Crippen molar-refractivity contribution in [2.45, 2.75) is 39.4 Å². The molecule has 3 nitrogen and oxygen atoms in total. The lowest BCUT2D eigenvalue weighted by Crippen LogP contribution is -2.26. The molecule has 0 spiro atoms. The maximum Gasteiger partial charge on any atom is 0.0802 e. The Balaban J connectivity index is 2.25. The molecule has 1 aromatic carbocycles. The van der Waals surface area contributed by atoms with Gasteiger partial charge in [0.1, 0.15) is 0 Å². The molecule has 3 heteroatoms. The molecule has 0 heterocycles. The summed E-state index contributed by atoms with van der Waals surface area (Å²) in [6.45, 7) is 8.66. The zero-order valence-corrected chi connectivity index (χ0v) is 12.6. The fraction of sp³-hybridized carbons (Fsp3) is 0.625. The minimum atomic E-state index is -0.380. The van der Waals surface area contributed by atoms with E-state index in [-0.39, 0.29) is 12.2 Å². The zero-order chi connectivity index (χ0) is 14.3. The van der Waals surface area contributed by atoms with Crippen LogP contribution in [0.4, 0.5) is 0 Å². The van der Waals surface area contributed by atoms with Gasteiger partial charge < -0.3 is 14.7 Å². The molecule has 0 radical (unpaired) electrons. The van der Waals surface area contributed by atoms with Crippen molar-refractivity contribution in [1.29, 1.82) is 0 Å². The average Bonchev–Trinajstić information content (AvgIpc) is 2.36. The molecule has 1 unspecified atom stereocenters. The molecule has 0 bridgehead atoms. The first kappa shape index (κ1) is 16.2. The van der Waals surface area contributed by atoms with Crippen LogP contribution in [0.25, 0.3) is 0 Å². The minimum absolute atomic E-state index is 0.284. The minimum Gasteiger partial charge on any atom is -0.388 e. The van der Waals surface area contributed by atoms with Crippen LogP contribution in [0.2, 0.25) is 0 Å². The van der Waals surface area contributed by atoms with Crippen LogP contribution in [0.15, 0.2) is 24.3 Å². The summed E-state index contributed by atoms with van der Waals surface area (Å²) in [5.41, 5.74) is 2.22. The van der Waals surface area contributed by atoms with E-state index in [0.717, 1.165) is 31.7 Å². The van der Waals surface area contributed by atoms with Gasteiger partial charge in [0.05, 0.1) is 18.8 Å². The van der Waals surface area contributed by atoms with E-state index in [9.17, 15) is 5.11 Å². The van der Waals surface area contributed by atoms with Crippen LogP contribution in [0.5, 0.6) is 0 Å². The molecule has 0 aromatic heterocycles. The number of ether oxygens (including phenoxy) is 1. The Kier molecular flexibility index (Phi) is 7.06. The topological polar surface area (TPSA) is 32.7 Å². The van der Waals surface area contributed by atoms with Gasteiger partial charge >= 0.3 is 0 Å². The van der Waals surface area contributed by atoms with Crippen LogP contribution in [0, 0.1) is 6.92 Å². The normalized spacial score (nSPS) is 13.2. The standard InChI is InChI=1S/C16H27NO2/c1-13(2)19-12-11-17(4)10-9-16(18)15-7-5-14(3)6-8-15/h5-8,13,16,18H,9-12H2,1-4H3. The highest BCUT2D eigenvalue weighted by Crippen LogP contribution is 2.17. The van der Waals surface area contributed by atoms with Gasteiger partial charge in [-0.3, -0.25) is 0 Å². The highest BCUT2D eigenvalue weighted by atomic mass is 16.5. The molecule has 1 atom stereocenters. The van der Waals surface area contributed by atoms with Gasteiger partial charge in [0.25, 0.3) is 0 Å². The first-order valence-electron chi connectivity index (χ1n) is 7.04. The number of hydrogen-bond acceptors (Lipinski definition) is 3. The largest absolute Gasteiger partial charge is 0.388 e. The lowest BCUT2D eigenvalue weighted by molar-refractivity contribution is 0.0601. The lowest BCUT2D eigenvalue weighted by Gasteiger charge is -2.19. The number of aliphatic hydroxyl groups excluding tert-OH is 1. The maximum atomic E-state index is 10.1. The van der Waals surface area contributed by atoms with Crippen molar-refractivity contribution in [2.24, 2.45) is 0 Å². The van der Waals surface area contributed by atoms with Crippen molar-refractivity contribution in [3.05, 3.63) is 35.4 Å². The molecule has 0 fully saturated rings. The van der Waals surface area contributed by atoms with Crippen LogP contribution in [0.3, 0.4) is 0 Å². The molecule has 0 aliphatic heterocycles. The second kappa shape index (κ2) is 8.31. The van der Waals surface area contributed by atoms with Crippen molar-refractivity contribution in [3.8, 4) is 0 Å². The molecular weight excluding hydrogens is 238 g/mol. The summed E-state index contributed by atoms with van der Waals surface area (Å²) in [7, 11) is 2.06. The Morgan fingerprint density at radius 2 is 1.79 bits per heavy atom. The van der Waals surface area contributed by atoms with Crippen molar-refractivity contribution in [1.82, 2.24) is 4.90 Å². The molecule has 0 amide bonds. The van der Waals surface area contributed by atoms with Crippen molar-refractivity contribution >= 4 is 0 Å². The number of aryl methyl sites for hydroxylation is 1. The highest BCUT2D eigenvalue weighted by Gasteiger charge is 2.08. The Bertz CT molecular complexity index is 348. The van der Waals surface area contributed by atoms with E-state index < -0.39 is 0 Å². The van der Waals surface area contributed by atoms with Crippen molar-refractivity contribution in [3.63, 3.8) is 0 Å². The SMILES string of the molecule is Cc1ccc(C(O)CCN(C)CCOC(C)C)cc1. The van der Waals surface area contributed by atoms with Gasteiger partial charge in [0, 0.05) is 13.1 Å². The lowest BCUT2D eigenvalue weighted by atomic mass is 10.0. The van der Waals surface area contributed by atoms with Gasteiger partial charge in [-0.1, -0.05) is 29.8 Å². The zero-order valence-electron chi connectivity index (χ0n) is 12.6. The predicted octanol–water partition coefficient (Wildman–Crippen LogP) is 2.78. The van der Waals surface area contributed by atoms with Crippen molar-refractivity contribution < 1.29 is 9.84 Å². The average molecular weight is 265 g/mol. The van der Waals surface area contributed by atoms with Gasteiger partial charge in [0.15, 0.2) is 0 Å². The summed E-state index contributed by atoms with van der Waals surface area (Å²) >= 11 is 0. The molecule has 0 saturated heterocycles. The third-order valence-electron chi connectivity index (χ3n) is 3.17. The van der Waals surface area contributed by atoms with E-state index in [2.05, 4.69) is 18.9 Å². The van der Waals surface area contributed by atoms with E-state index in [1.807, 2.05) is 38.1 Å². The molecule has 19 heavy (non-hydrogen) atoms. The molecule has 1 N–H and O–H groups in total. The first-order chi connectivity index (χ1) is 8.99. The summed E-state index contributed by atoms with van der Waals surface area (Å²) in [6.07, 6.45) is 0.655. The predicted molar refractivity (Wildman–Crippen MR) is 79.3 cm³/mol. The summed E-state index contributed by atoms with van der Waals surface area (Å²) in [6, 6.07) is 8.08. The van der Waals surface area contributed by atoms with Crippen LogP contribution >= 0.6 is 0 Å².